The highest BCUT2D eigenvalue weighted by molar-refractivity contribution is 5.96. The molecular weight excluding hydrogens is 288 g/mol. The Labute approximate surface area is 125 Å². The van der Waals surface area contributed by atoms with Crippen LogP contribution in [0, 0.1) is 0 Å². The van der Waals surface area contributed by atoms with Crippen LogP contribution in [0.3, 0.4) is 0 Å². The van der Waals surface area contributed by atoms with Gasteiger partial charge in [-0.05, 0) is 32.0 Å². The van der Waals surface area contributed by atoms with Crippen LogP contribution in [0.15, 0.2) is 29.1 Å². The molecule has 0 saturated heterocycles. The summed E-state index contributed by atoms with van der Waals surface area (Å²) in [6.07, 6.45) is -0.232. The van der Waals surface area contributed by atoms with Crippen LogP contribution in [0.4, 0.5) is 0 Å². The molecule has 22 heavy (non-hydrogen) atoms. The molecule has 0 fully saturated rings. The Hall–Kier alpha value is -2.83. The van der Waals surface area contributed by atoms with Crippen molar-refractivity contribution in [1.29, 1.82) is 0 Å². The number of fused-ring (bicyclic) bond motifs is 1. The van der Waals surface area contributed by atoms with E-state index in [1.54, 1.807) is 13.8 Å². The minimum absolute atomic E-state index is 0.0347. The first-order chi connectivity index (χ1) is 10.3. The van der Waals surface area contributed by atoms with Gasteiger partial charge in [0.25, 0.3) is 5.56 Å². The number of benzene rings is 1. The summed E-state index contributed by atoms with van der Waals surface area (Å²) in [7, 11) is 0. The lowest BCUT2D eigenvalue weighted by molar-refractivity contribution is -0.118. The summed E-state index contributed by atoms with van der Waals surface area (Å²) in [6, 6.07) is 5.51. The molecule has 0 unspecified atom stereocenters. The van der Waals surface area contributed by atoms with Crippen molar-refractivity contribution in [3.63, 3.8) is 0 Å². The van der Waals surface area contributed by atoms with Crippen molar-refractivity contribution < 1.29 is 19.4 Å². The maximum Gasteiger partial charge on any atom is 0.335 e. The molecule has 0 bridgehead atoms. The van der Waals surface area contributed by atoms with E-state index in [2.05, 4.69) is 0 Å². The van der Waals surface area contributed by atoms with E-state index in [-0.39, 0.29) is 24.0 Å². The van der Waals surface area contributed by atoms with Gasteiger partial charge in [-0.3, -0.25) is 14.2 Å². The zero-order valence-electron chi connectivity index (χ0n) is 12.2. The van der Waals surface area contributed by atoms with Crippen molar-refractivity contribution in [2.45, 2.75) is 26.5 Å². The SMILES string of the molecule is CC(C)Oc1cc(C(=O)O)cc2ccc(=O)n(CC(N)=O)c12. The average Bonchev–Trinajstić information content (AvgIpc) is 2.40. The highest BCUT2D eigenvalue weighted by Crippen LogP contribution is 2.28. The molecule has 116 valence electrons. The third-order valence-corrected chi connectivity index (χ3v) is 2.97. The van der Waals surface area contributed by atoms with Crippen molar-refractivity contribution in [1.82, 2.24) is 4.57 Å². The van der Waals surface area contributed by atoms with Crippen molar-refractivity contribution in [3.05, 3.63) is 40.2 Å². The second kappa shape index (κ2) is 5.88. The first-order valence-electron chi connectivity index (χ1n) is 6.65. The van der Waals surface area contributed by atoms with Gasteiger partial charge in [-0.15, -0.1) is 0 Å². The molecule has 0 saturated carbocycles. The molecule has 0 atom stereocenters. The van der Waals surface area contributed by atoms with E-state index < -0.39 is 17.4 Å². The van der Waals surface area contributed by atoms with Crippen LogP contribution in [0.1, 0.15) is 24.2 Å². The van der Waals surface area contributed by atoms with Gasteiger partial charge in [0.2, 0.25) is 5.91 Å². The van der Waals surface area contributed by atoms with E-state index in [9.17, 15) is 19.5 Å². The van der Waals surface area contributed by atoms with Crippen LogP contribution in [0.5, 0.6) is 5.75 Å². The number of hydrogen-bond donors (Lipinski definition) is 2. The molecule has 1 aromatic heterocycles. The van der Waals surface area contributed by atoms with Gasteiger partial charge < -0.3 is 15.6 Å². The minimum atomic E-state index is -1.11. The fourth-order valence-corrected chi connectivity index (χ4v) is 2.19. The van der Waals surface area contributed by atoms with Gasteiger partial charge in [-0.25, -0.2) is 4.79 Å². The fourth-order valence-electron chi connectivity index (χ4n) is 2.19. The molecule has 1 amide bonds. The number of carbonyl (C=O) groups is 2. The van der Waals surface area contributed by atoms with E-state index in [0.29, 0.717) is 10.9 Å². The van der Waals surface area contributed by atoms with Gasteiger partial charge in [0, 0.05) is 11.5 Å². The van der Waals surface area contributed by atoms with E-state index in [0.717, 1.165) is 0 Å². The zero-order chi connectivity index (χ0) is 16.4. The number of ether oxygens (including phenoxy) is 1. The quantitative estimate of drug-likeness (QED) is 0.855. The monoisotopic (exact) mass is 304 g/mol. The zero-order valence-corrected chi connectivity index (χ0v) is 12.2. The molecule has 0 radical (unpaired) electrons. The molecule has 1 aromatic carbocycles. The fraction of sp³-hybridized carbons (Fsp3) is 0.267. The summed E-state index contributed by atoms with van der Waals surface area (Å²) in [4.78, 5) is 34.4. The number of carbonyl (C=O) groups excluding carboxylic acids is 1. The second-order valence-corrected chi connectivity index (χ2v) is 5.11. The van der Waals surface area contributed by atoms with Crippen molar-refractivity contribution >= 4 is 22.8 Å². The topological polar surface area (TPSA) is 112 Å². The summed E-state index contributed by atoms with van der Waals surface area (Å²) >= 11 is 0. The van der Waals surface area contributed by atoms with Crippen molar-refractivity contribution in [3.8, 4) is 5.75 Å². The van der Waals surface area contributed by atoms with E-state index in [1.165, 1.54) is 28.8 Å². The molecule has 0 spiro atoms. The number of amides is 1. The normalized spacial score (nSPS) is 10.9. The number of aromatic carboxylic acids is 1. The first-order valence-corrected chi connectivity index (χ1v) is 6.65. The summed E-state index contributed by atoms with van der Waals surface area (Å²) in [5.41, 5.74) is 5.15. The number of primary amides is 1. The van der Waals surface area contributed by atoms with Gasteiger partial charge in [0.1, 0.15) is 12.3 Å². The lowest BCUT2D eigenvalue weighted by atomic mass is 10.1. The Kier molecular flexibility index (Phi) is 4.16. The largest absolute Gasteiger partial charge is 0.489 e. The lowest BCUT2D eigenvalue weighted by Gasteiger charge is -2.16. The van der Waals surface area contributed by atoms with Crippen LogP contribution in [0.25, 0.3) is 10.9 Å². The van der Waals surface area contributed by atoms with Crippen LogP contribution >= 0.6 is 0 Å². The number of aromatic nitrogens is 1. The maximum atomic E-state index is 12.0. The number of nitrogens with zero attached hydrogens (tertiary/aromatic N) is 1. The number of carboxylic acid groups (broad SMARTS) is 1. The summed E-state index contributed by atoms with van der Waals surface area (Å²) in [5.74, 6) is -1.56. The predicted molar refractivity (Wildman–Crippen MR) is 80.1 cm³/mol. The van der Waals surface area contributed by atoms with Gasteiger partial charge in [-0.1, -0.05) is 0 Å². The third-order valence-electron chi connectivity index (χ3n) is 2.97. The Balaban J connectivity index is 2.83. The Morgan fingerprint density at radius 1 is 1.32 bits per heavy atom. The highest BCUT2D eigenvalue weighted by atomic mass is 16.5. The molecule has 7 nitrogen and oxygen atoms in total. The molecule has 1 heterocycles. The van der Waals surface area contributed by atoms with Gasteiger partial charge in [-0.2, -0.15) is 0 Å². The van der Waals surface area contributed by atoms with Gasteiger partial charge in [0.15, 0.2) is 0 Å². The number of hydrogen-bond acceptors (Lipinski definition) is 4. The predicted octanol–water partition coefficient (Wildman–Crippen LogP) is 0.972. The molecule has 2 aromatic rings. The second-order valence-electron chi connectivity index (χ2n) is 5.11. The summed E-state index contributed by atoms with van der Waals surface area (Å²) in [5, 5.41) is 9.66. The Morgan fingerprint density at radius 3 is 2.55 bits per heavy atom. The molecule has 0 aliphatic carbocycles. The number of pyridine rings is 1. The molecule has 3 N–H and O–H groups in total. The number of rotatable bonds is 5. The van der Waals surface area contributed by atoms with Crippen LogP contribution in [-0.2, 0) is 11.3 Å². The Bertz CT molecular complexity index is 807. The molecule has 0 aliphatic rings. The van der Waals surface area contributed by atoms with Crippen LogP contribution < -0.4 is 16.0 Å². The summed E-state index contributed by atoms with van der Waals surface area (Å²) in [6.45, 7) is 3.24. The number of carboxylic acids is 1. The maximum absolute atomic E-state index is 12.0. The van der Waals surface area contributed by atoms with Crippen LogP contribution in [-0.4, -0.2) is 27.7 Å². The van der Waals surface area contributed by atoms with E-state index in [4.69, 9.17) is 10.5 Å². The Morgan fingerprint density at radius 2 is 2.00 bits per heavy atom. The smallest absolute Gasteiger partial charge is 0.335 e. The van der Waals surface area contributed by atoms with E-state index in [1.807, 2.05) is 0 Å². The van der Waals surface area contributed by atoms with Crippen molar-refractivity contribution in [2.75, 3.05) is 0 Å². The highest BCUT2D eigenvalue weighted by Gasteiger charge is 2.16. The minimum Gasteiger partial charge on any atom is -0.489 e. The first kappa shape index (κ1) is 15.6. The molecular formula is C15H16N2O5. The van der Waals surface area contributed by atoms with Crippen molar-refractivity contribution in [2.24, 2.45) is 5.73 Å². The van der Waals surface area contributed by atoms with Gasteiger partial charge in [0.05, 0.1) is 17.2 Å². The summed E-state index contributed by atoms with van der Waals surface area (Å²) < 4.78 is 6.80. The standard InChI is InChI=1S/C15H16N2O5/c1-8(2)22-11-6-10(15(20)21)5-9-3-4-13(19)17(14(9)11)7-12(16)18/h3-6,8H,7H2,1-2H3,(H2,16,18)(H,20,21). The van der Waals surface area contributed by atoms with Crippen LogP contribution in [0.2, 0.25) is 0 Å². The molecule has 0 aliphatic heterocycles. The molecule has 7 heteroatoms. The molecule has 2 rings (SSSR count). The lowest BCUT2D eigenvalue weighted by Crippen LogP contribution is -2.28. The van der Waals surface area contributed by atoms with E-state index >= 15 is 0 Å². The number of nitrogens with two attached hydrogens (primary N) is 1. The van der Waals surface area contributed by atoms with Gasteiger partial charge >= 0.3 is 5.97 Å². The average molecular weight is 304 g/mol. The third kappa shape index (κ3) is 3.08.